The number of pyridine rings is 1. The second kappa shape index (κ2) is 6.57. The van der Waals surface area contributed by atoms with Crippen molar-refractivity contribution in [2.45, 2.75) is 42.5 Å². The lowest BCUT2D eigenvalue weighted by Gasteiger charge is -2.54. The molecule has 3 heterocycles. The van der Waals surface area contributed by atoms with Gasteiger partial charge in [-0.05, 0) is 17.9 Å². The second-order valence-electron chi connectivity index (χ2n) is 8.49. The Morgan fingerprint density at radius 3 is 1.67 bits per heavy atom. The standard InChI is InChI=1S/C22H10F12N2/c1-9-6-7-12-15-14(9)10-4-2-3-5-11(10)16-35-8-13(36(15)16)18(21(29,30)31,22(32,33)34)17(12,19(23,24)25)20(26,27)28/h2-8H,1H3. The molecule has 2 nitrogen and oxygen atoms in total. The summed E-state index contributed by atoms with van der Waals surface area (Å²) in [4.78, 5) is 3.51. The van der Waals surface area contributed by atoms with Crippen LogP contribution in [0.4, 0.5) is 52.7 Å². The van der Waals surface area contributed by atoms with Crippen LogP contribution in [0, 0.1) is 6.92 Å². The molecular weight excluding hydrogens is 520 g/mol. The third-order valence-corrected chi connectivity index (χ3v) is 6.86. The van der Waals surface area contributed by atoms with Crippen LogP contribution in [-0.4, -0.2) is 34.1 Å². The van der Waals surface area contributed by atoms with E-state index in [2.05, 4.69) is 4.98 Å². The van der Waals surface area contributed by atoms with Gasteiger partial charge in [-0.25, -0.2) is 4.98 Å². The minimum atomic E-state index is -7.12. The van der Waals surface area contributed by atoms with E-state index in [4.69, 9.17) is 0 Å². The Labute approximate surface area is 192 Å². The fourth-order valence-electron chi connectivity index (χ4n) is 5.66. The largest absolute Gasteiger partial charge is 0.410 e. The monoisotopic (exact) mass is 530 g/mol. The maximum atomic E-state index is 14.6. The van der Waals surface area contributed by atoms with Crippen LogP contribution in [0.1, 0.15) is 16.8 Å². The second-order valence-corrected chi connectivity index (χ2v) is 8.49. The first kappa shape index (κ1) is 24.5. The van der Waals surface area contributed by atoms with Crippen LogP contribution in [0.3, 0.4) is 0 Å². The molecule has 0 amide bonds. The first-order chi connectivity index (χ1) is 16.4. The molecule has 1 aliphatic heterocycles. The molecule has 0 saturated carbocycles. The maximum Gasteiger partial charge on any atom is 0.410 e. The molecule has 2 aromatic heterocycles. The molecule has 0 spiro atoms. The van der Waals surface area contributed by atoms with Gasteiger partial charge < -0.3 is 0 Å². The SMILES string of the molecule is Cc1ccc2c3c1c1ccccc1c1ncc(n13)C(C(F)(F)F)(C(F)(F)F)C2(C(F)(F)F)C(F)(F)F. The van der Waals surface area contributed by atoms with Gasteiger partial charge in [-0.2, -0.15) is 52.7 Å². The molecule has 1 aliphatic rings. The van der Waals surface area contributed by atoms with Crippen molar-refractivity contribution in [1.29, 1.82) is 0 Å². The fraction of sp³-hybridized carbons (Fsp3) is 0.318. The van der Waals surface area contributed by atoms with E-state index in [9.17, 15) is 52.7 Å². The Bertz CT molecular complexity index is 1520. The average Bonchev–Trinajstić information content (AvgIpc) is 3.14. The first-order valence-electron chi connectivity index (χ1n) is 9.95. The minimum Gasteiger partial charge on any atom is -0.294 e. The summed E-state index contributed by atoms with van der Waals surface area (Å²) in [6.07, 6.45) is -28.6. The van der Waals surface area contributed by atoms with Gasteiger partial charge in [0.15, 0.2) is 0 Å². The number of benzene rings is 2. The predicted octanol–water partition coefficient (Wildman–Crippen LogP) is 7.69. The summed E-state index contributed by atoms with van der Waals surface area (Å²) in [5.74, 6) is 0. The summed E-state index contributed by atoms with van der Waals surface area (Å²) in [5, 5.41) is -0.395. The molecule has 192 valence electrons. The summed E-state index contributed by atoms with van der Waals surface area (Å²) in [7, 11) is 0. The zero-order valence-corrected chi connectivity index (χ0v) is 17.5. The number of rotatable bonds is 0. The van der Waals surface area contributed by atoms with E-state index in [0.29, 0.717) is 6.07 Å². The molecule has 14 heteroatoms. The maximum absolute atomic E-state index is 14.6. The Morgan fingerprint density at radius 2 is 1.17 bits per heavy atom. The van der Waals surface area contributed by atoms with Crippen LogP contribution < -0.4 is 0 Å². The van der Waals surface area contributed by atoms with E-state index in [1.54, 1.807) is 0 Å². The van der Waals surface area contributed by atoms with E-state index in [0.717, 1.165) is 0 Å². The third-order valence-electron chi connectivity index (χ3n) is 6.86. The molecular formula is C22H10F12N2. The van der Waals surface area contributed by atoms with E-state index in [1.165, 1.54) is 31.2 Å². The lowest BCUT2D eigenvalue weighted by atomic mass is 9.54. The number of nitrogens with zero attached hydrogens (tertiary/aromatic N) is 2. The number of alkyl halides is 12. The highest BCUT2D eigenvalue weighted by Gasteiger charge is 2.95. The summed E-state index contributed by atoms with van der Waals surface area (Å²) in [6.45, 7) is 1.27. The number of hydrogen-bond donors (Lipinski definition) is 0. The lowest BCUT2D eigenvalue weighted by molar-refractivity contribution is -0.413. The minimum absolute atomic E-state index is 0.0151. The average molecular weight is 530 g/mol. The van der Waals surface area contributed by atoms with Crippen molar-refractivity contribution in [2.75, 3.05) is 0 Å². The van der Waals surface area contributed by atoms with Gasteiger partial charge in [0.25, 0.3) is 0 Å². The molecule has 0 atom stereocenters. The first-order valence-corrected chi connectivity index (χ1v) is 9.95. The molecule has 0 aliphatic carbocycles. The van der Waals surface area contributed by atoms with Crippen LogP contribution in [0.15, 0.2) is 42.6 Å². The van der Waals surface area contributed by atoms with Gasteiger partial charge in [-0.15, -0.1) is 0 Å². The Kier molecular flexibility index (Phi) is 4.47. The quantitative estimate of drug-likeness (QED) is 0.168. The summed E-state index contributed by atoms with van der Waals surface area (Å²) >= 11 is 0. The van der Waals surface area contributed by atoms with Crippen molar-refractivity contribution in [2.24, 2.45) is 0 Å². The van der Waals surface area contributed by atoms with Crippen LogP contribution in [0.25, 0.3) is 27.3 Å². The fourth-order valence-corrected chi connectivity index (χ4v) is 5.66. The highest BCUT2D eigenvalue weighted by molar-refractivity contribution is 6.14. The van der Waals surface area contributed by atoms with Crippen LogP contribution in [0.2, 0.25) is 0 Å². The Hall–Kier alpha value is -3.19. The van der Waals surface area contributed by atoms with E-state index < -0.39 is 58.0 Å². The number of fused-ring (bicyclic) bond motifs is 3. The molecule has 0 N–H and O–H groups in total. The molecule has 36 heavy (non-hydrogen) atoms. The highest BCUT2D eigenvalue weighted by Crippen LogP contribution is 2.73. The van der Waals surface area contributed by atoms with Gasteiger partial charge in [0, 0.05) is 16.3 Å². The van der Waals surface area contributed by atoms with Gasteiger partial charge in [0.2, 0.25) is 10.8 Å². The van der Waals surface area contributed by atoms with Crippen molar-refractivity contribution in [3.8, 4) is 0 Å². The van der Waals surface area contributed by atoms with Crippen molar-refractivity contribution in [3.05, 3.63) is 59.4 Å². The molecule has 0 unspecified atom stereocenters. The van der Waals surface area contributed by atoms with Crippen LogP contribution in [0.5, 0.6) is 0 Å². The van der Waals surface area contributed by atoms with Gasteiger partial charge >= 0.3 is 24.7 Å². The number of hydrogen-bond acceptors (Lipinski definition) is 1. The van der Waals surface area contributed by atoms with E-state index in [-0.39, 0.29) is 38.4 Å². The van der Waals surface area contributed by atoms with E-state index >= 15 is 0 Å². The molecule has 0 bridgehead atoms. The normalized spacial score (nSPS) is 18.0. The zero-order chi connectivity index (χ0) is 26.9. The number of imidazole rings is 1. The summed E-state index contributed by atoms with van der Waals surface area (Å²) in [6, 6.07) is 5.95. The third kappa shape index (κ3) is 2.40. The van der Waals surface area contributed by atoms with Gasteiger partial charge in [0.1, 0.15) is 5.65 Å². The summed E-state index contributed by atoms with van der Waals surface area (Å²) < 4.78 is 175. The van der Waals surface area contributed by atoms with Gasteiger partial charge in [-0.3, -0.25) is 4.40 Å². The molecule has 4 aromatic rings. The van der Waals surface area contributed by atoms with Crippen LogP contribution in [-0.2, 0) is 10.8 Å². The van der Waals surface area contributed by atoms with Crippen LogP contribution >= 0.6 is 0 Å². The topological polar surface area (TPSA) is 17.3 Å². The zero-order valence-electron chi connectivity index (χ0n) is 17.5. The van der Waals surface area contributed by atoms with Crippen molar-refractivity contribution >= 4 is 27.3 Å². The number of halogens is 12. The van der Waals surface area contributed by atoms with Crippen molar-refractivity contribution in [1.82, 2.24) is 9.38 Å². The molecule has 5 rings (SSSR count). The van der Waals surface area contributed by atoms with Gasteiger partial charge in [0.05, 0.1) is 17.4 Å². The number of aromatic nitrogens is 2. The Balaban J connectivity index is 2.29. The predicted molar refractivity (Wildman–Crippen MR) is 103 cm³/mol. The Morgan fingerprint density at radius 1 is 0.667 bits per heavy atom. The molecule has 2 aromatic carbocycles. The molecule has 0 saturated heterocycles. The van der Waals surface area contributed by atoms with Gasteiger partial charge in [-0.1, -0.05) is 36.4 Å². The summed E-state index contributed by atoms with van der Waals surface area (Å²) in [5.41, 5.74) is -19.1. The molecule has 0 radical (unpaired) electrons. The van der Waals surface area contributed by atoms with Crippen molar-refractivity contribution in [3.63, 3.8) is 0 Å². The van der Waals surface area contributed by atoms with E-state index in [1.807, 2.05) is 0 Å². The lowest BCUT2D eigenvalue weighted by Crippen LogP contribution is -2.77. The van der Waals surface area contributed by atoms with Crippen molar-refractivity contribution < 1.29 is 52.7 Å². The highest BCUT2D eigenvalue weighted by atomic mass is 19.4. The smallest absolute Gasteiger partial charge is 0.294 e. The molecule has 0 fully saturated rings. The number of aryl methyl sites for hydroxylation is 1.